The monoisotopic (exact) mass is 393 g/mol. The van der Waals surface area contributed by atoms with Crippen molar-refractivity contribution in [2.24, 2.45) is 0 Å². The van der Waals surface area contributed by atoms with Crippen LogP contribution in [0.4, 0.5) is 15.9 Å². The molecule has 2 aromatic carbocycles. The summed E-state index contributed by atoms with van der Waals surface area (Å²) in [6.45, 7) is 1.91. The van der Waals surface area contributed by atoms with Crippen LogP contribution < -0.4 is 5.32 Å². The molecule has 0 amide bonds. The Hall–Kier alpha value is -2.93. The van der Waals surface area contributed by atoms with Crippen LogP contribution in [0.3, 0.4) is 0 Å². The van der Waals surface area contributed by atoms with Crippen molar-refractivity contribution >= 4 is 29.0 Å². The highest BCUT2D eigenvalue weighted by molar-refractivity contribution is 7.99. The number of thioether (sulfide) groups is 1. The van der Waals surface area contributed by atoms with Gasteiger partial charge in [-0.1, -0.05) is 42.1 Å². The van der Waals surface area contributed by atoms with Gasteiger partial charge < -0.3 is 5.32 Å². The van der Waals surface area contributed by atoms with Crippen molar-refractivity contribution in [2.75, 3.05) is 11.1 Å². The molecule has 0 aliphatic heterocycles. The number of benzene rings is 2. The third kappa shape index (κ3) is 4.48. The average molecular weight is 393 g/mol. The van der Waals surface area contributed by atoms with E-state index in [-0.39, 0.29) is 5.82 Å². The predicted molar refractivity (Wildman–Crippen MR) is 111 cm³/mol. The third-order valence-corrected chi connectivity index (χ3v) is 5.15. The first-order valence-corrected chi connectivity index (χ1v) is 10.1. The van der Waals surface area contributed by atoms with Gasteiger partial charge in [0.15, 0.2) is 0 Å². The molecule has 28 heavy (non-hydrogen) atoms. The summed E-state index contributed by atoms with van der Waals surface area (Å²) in [6, 6.07) is 18.6. The lowest BCUT2D eigenvalue weighted by Crippen LogP contribution is -2.02. The molecule has 0 unspecified atom stereocenters. The van der Waals surface area contributed by atoms with E-state index in [1.54, 1.807) is 28.4 Å². The zero-order valence-corrected chi connectivity index (χ0v) is 16.3. The lowest BCUT2D eigenvalue weighted by molar-refractivity contribution is 0.628. The topological polar surface area (TPSA) is 55.1 Å². The quantitative estimate of drug-likeness (QED) is 0.352. The van der Waals surface area contributed by atoms with Gasteiger partial charge in [-0.3, -0.25) is 0 Å². The summed E-state index contributed by atoms with van der Waals surface area (Å²) in [7, 11) is 0. The van der Waals surface area contributed by atoms with Crippen molar-refractivity contribution in [3.63, 3.8) is 0 Å². The SMILES string of the molecule is Cc1cc(Nc2ccc(F)cc2)n2nc(SCCCc3ccccc3)nc2n1. The van der Waals surface area contributed by atoms with E-state index >= 15 is 0 Å². The molecule has 0 saturated carbocycles. The van der Waals surface area contributed by atoms with Crippen LogP contribution in [0.25, 0.3) is 5.78 Å². The van der Waals surface area contributed by atoms with Gasteiger partial charge in [-0.25, -0.2) is 9.37 Å². The lowest BCUT2D eigenvalue weighted by atomic mass is 10.1. The highest BCUT2D eigenvalue weighted by Gasteiger charge is 2.11. The van der Waals surface area contributed by atoms with Crippen molar-refractivity contribution in [1.29, 1.82) is 0 Å². The zero-order chi connectivity index (χ0) is 19.3. The molecule has 4 rings (SSSR count). The normalized spacial score (nSPS) is 11.1. The molecule has 0 bridgehead atoms. The molecule has 5 nitrogen and oxygen atoms in total. The van der Waals surface area contributed by atoms with Crippen molar-refractivity contribution in [2.45, 2.75) is 24.9 Å². The zero-order valence-electron chi connectivity index (χ0n) is 15.5. The second-order valence-electron chi connectivity index (χ2n) is 6.46. The number of nitrogens with zero attached hydrogens (tertiary/aromatic N) is 4. The van der Waals surface area contributed by atoms with Crippen LogP contribution in [-0.2, 0) is 6.42 Å². The first kappa shape index (κ1) is 18.4. The van der Waals surface area contributed by atoms with Crippen LogP contribution >= 0.6 is 11.8 Å². The fraction of sp³-hybridized carbons (Fsp3) is 0.190. The summed E-state index contributed by atoms with van der Waals surface area (Å²) in [5.41, 5.74) is 2.96. The third-order valence-electron chi connectivity index (χ3n) is 4.22. The number of nitrogens with one attached hydrogen (secondary N) is 1. The Kier molecular flexibility index (Phi) is 5.53. The van der Waals surface area contributed by atoms with E-state index in [0.717, 1.165) is 35.8 Å². The van der Waals surface area contributed by atoms with Gasteiger partial charge in [-0.05, 0) is 49.6 Å². The summed E-state index contributed by atoms with van der Waals surface area (Å²) in [5.74, 6) is 1.97. The molecule has 2 aromatic heterocycles. The maximum absolute atomic E-state index is 13.1. The van der Waals surface area contributed by atoms with E-state index < -0.39 is 0 Å². The number of anilines is 2. The Bertz CT molecular complexity index is 1060. The maximum Gasteiger partial charge on any atom is 0.255 e. The van der Waals surface area contributed by atoms with Crippen LogP contribution in [0.1, 0.15) is 17.7 Å². The van der Waals surface area contributed by atoms with Gasteiger partial charge in [0.05, 0.1) is 0 Å². The fourth-order valence-electron chi connectivity index (χ4n) is 2.88. The highest BCUT2D eigenvalue weighted by Crippen LogP contribution is 2.21. The molecule has 142 valence electrons. The van der Waals surface area contributed by atoms with E-state index in [4.69, 9.17) is 0 Å². The number of aromatic nitrogens is 4. The molecular weight excluding hydrogens is 373 g/mol. The van der Waals surface area contributed by atoms with Crippen LogP contribution in [0.5, 0.6) is 0 Å². The molecule has 2 heterocycles. The highest BCUT2D eigenvalue weighted by atomic mass is 32.2. The standard InChI is InChI=1S/C21H20FN5S/c1-15-14-19(24-18-11-9-17(22)10-12-18)27-20(23-15)25-21(26-27)28-13-5-8-16-6-3-2-4-7-16/h2-4,6-7,9-12,14,24H,5,8,13H2,1H3. The first-order valence-electron chi connectivity index (χ1n) is 9.11. The summed E-state index contributed by atoms with van der Waals surface area (Å²) in [5, 5.41) is 8.55. The molecule has 0 atom stereocenters. The van der Waals surface area contributed by atoms with E-state index in [1.807, 2.05) is 19.1 Å². The van der Waals surface area contributed by atoms with Gasteiger partial charge >= 0.3 is 0 Å². The second kappa shape index (κ2) is 8.39. The minimum atomic E-state index is -0.267. The molecule has 0 aliphatic rings. The number of rotatable bonds is 7. The first-order chi connectivity index (χ1) is 13.7. The Morgan fingerprint density at radius 1 is 1.04 bits per heavy atom. The minimum Gasteiger partial charge on any atom is -0.340 e. The summed E-state index contributed by atoms with van der Waals surface area (Å²) in [6.07, 6.45) is 2.09. The van der Waals surface area contributed by atoms with Crippen molar-refractivity contribution in [1.82, 2.24) is 19.6 Å². The van der Waals surface area contributed by atoms with Crippen LogP contribution in [-0.4, -0.2) is 25.3 Å². The number of fused-ring (bicyclic) bond motifs is 1. The predicted octanol–water partition coefficient (Wildman–Crippen LogP) is 5.04. The smallest absolute Gasteiger partial charge is 0.255 e. The fourth-order valence-corrected chi connectivity index (χ4v) is 3.64. The molecule has 0 saturated heterocycles. The molecule has 0 aliphatic carbocycles. The molecule has 0 spiro atoms. The number of hydrogen-bond acceptors (Lipinski definition) is 5. The van der Waals surface area contributed by atoms with Crippen molar-refractivity contribution in [3.05, 3.63) is 77.7 Å². The largest absolute Gasteiger partial charge is 0.340 e. The van der Waals surface area contributed by atoms with Gasteiger partial charge in [-0.2, -0.15) is 9.50 Å². The van der Waals surface area contributed by atoms with Gasteiger partial charge in [0, 0.05) is 23.2 Å². The second-order valence-corrected chi connectivity index (χ2v) is 7.52. The number of hydrogen-bond donors (Lipinski definition) is 1. The molecule has 4 aromatic rings. The van der Waals surface area contributed by atoms with Gasteiger partial charge in [-0.15, -0.1) is 5.10 Å². The van der Waals surface area contributed by atoms with E-state index in [9.17, 15) is 4.39 Å². The molecule has 0 radical (unpaired) electrons. The van der Waals surface area contributed by atoms with Gasteiger partial charge in [0.25, 0.3) is 5.78 Å². The van der Waals surface area contributed by atoms with Crippen LogP contribution in [0.15, 0.2) is 65.8 Å². The van der Waals surface area contributed by atoms with E-state index in [0.29, 0.717) is 10.9 Å². The van der Waals surface area contributed by atoms with E-state index in [2.05, 4.69) is 44.6 Å². The lowest BCUT2D eigenvalue weighted by Gasteiger charge is -2.08. The maximum atomic E-state index is 13.1. The van der Waals surface area contributed by atoms with Gasteiger partial charge in [0.1, 0.15) is 11.6 Å². The Morgan fingerprint density at radius 2 is 1.82 bits per heavy atom. The van der Waals surface area contributed by atoms with Crippen LogP contribution in [0.2, 0.25) is 0 Å². The van der Waals surface area contributed by atoms with Crippen molar-refractivity contribution < 1.29 is 4.39 Å². The summed E-state index contributed by atoms with van der Waals surface area (Å²) >= 11 is 1.63. The van der Waals surface area contributed by atoms with Crippen LogP contribution in [0, 0.1) is 12.7 Å². The molecular formula is C21H20FN5S. The molecule has 0 fully saturated rings. The summed E-state index contributed by atoms with van der Waals surface area (Å²) in [4.78, 5) is 9.00. The Morgan fingerprint density at radius 3 is 2.61 bits per heavy atom. The van der Waals surface area contributed by atoms with Crippen molar-refractivity contribution in [3.8, 4) is 0 Å². The van der Waals surface area contributed by atoms with E-state index in [1.165, 1.54) is 17.7 Å². The Labute approximate surface area is 167 Å². The molecule has 7 heteroatoms. The minimum absolute atomic E-state index is 0.267. The summed E-state index contributed by atoms with van der Waals surface area (Å²) < 4.78 is 14.8. The Balaban J connectivity index is 1.46. The average Bonchev–Trinajstić information content (AvgIpc) is 3.11. The number of halogens is 1. The number of aryl methyl sites for hydroxylation is 2. The molecule has 1 N–H and O–H groups in total. The van der Waals surface area contributed by atoms with Gasteiger partial charge in [0.2, 0.25) is 5.16 Å².